The van der Waals surface area contributed by atoms with Gasteiger partial charge in [0.15, 0.2) is 0 Å². The van der Waals surface area contributed by atoms with E-state index >= 15 is 0 Å². The first-order valence-electron chi connectivity index (χ1n) is 16.1. The number of alkyl halides is 2. The summed E-state index contributed by atoms with van der Waals surface area (Å²) in [5.74, 6) is -2.01. The molecule has 6 rings (SSSR count). The topological polar surface area (TPSA) is 88.8 Å². The van der Waals surface area contributed by atoms with Crippen molar-refractivity contribution in [2.45, 2.75) is 63.6 Å². The lowest BCUT2D eigenvalue weighted by atomic mass is 9.99. The van der Waals surface area contributed by atoms with Crippen LogP contribution >= 0.6 is 0 Å². The number of piperazine rings is 1. The van der Waals surface area contributed by atoms with Crippen LogP contribution in [0.1, 0.15) is 42.5 Å². The maximum Gasteiger partial charge on any atom is 0.318 e. The van der Waals surface area contributed by atoms with Crippen LogP contribution in [-0.4, -0.2) is 90.1 Å². The average molecular weight is 630 g/mol. The van der Waals surface area contributed by atoms with Crippen LogP contribution in [-0.2, 0) is 17.8 Å². The zero-order valence-electron chi connectivity index (χ0n) is 26.6. The molecule has 3 aliphatic rings. The van der Waals surface area contributed by atoms with Gasteiger partial charge in [0.25, 0.3) is 0 Å². The van der Waals surface area contributed by atoms with Crippen LogP contribution in [0.3, 0.4) is 0 Å². The van der Waals surface area contributed by atoms with Crippen molar-refractivity contribution in [3.63, 3.8) is 0 Å². The second kappa shape index (κ2) is 13.2. The maximum atomic E-state index is 13.8. The molecule has 2 atom stereocenters. The number of anilines is 2. The summed E-state index contributed by atoms with van der Waals surface area (Å²) in [5.41, 5.74) is 4.29. The Bertz CT molecular complexity index is 1650. The Balaban J connectivity index is 1.28. The standard InChI is InChI=1S/C35H41F2N7O2/c1-4-31(45)44-18-17-43(22-27(44)12-15-38)33-28-13-16-42(30-10-6-9-25-8-5-7-24(2)32(25)30)23-29(28)39-34(40-33)46-20-19-41(3)26-11-14-35(36,37)21-26/h4-10,26-27H,1,11-14,16-23H2,2-3H3/t26?,27-/m0/s1. The number of carbonyl (C=O) groups is 1. The van der Waals surface area contributed by atoms with Crippen molar-refractivity contribution < 1.29 is 18.3 Å². The quantitative estimate of drug-likeness (QED) is 0.302. The first-order chi connectivity index (χ1) is 22.2. The number of likely N-dealkylation sites (N-methyl/N-ethyl adjacent to an activating group) is 1. The summed E-state index contributed by atoms with van der Waals surface area (Å²) in [6.07, 6.45) is 2.48. The number of halogens is 2. The van der Waals surface area contributed by atoms with Crippen molar-refractivity contribution in [2.24, 2.45) is 0 Å². The summed E-state index contributed by atoms with van der Waals surface area (Å²) >= 11 is 0. The molecule has 2 fully saturated rings. The van der Waals surface area contributed by atoms with Gasteiger partial charge in [0.2, 0.25) is 11.8 Å². The van der Waals surface area contributed by atoms with Crippen molar-refractivity contribution >= 4 is 28.2 Å². The molecule has 0 bridgehead atoms. The van der Waals surface area contributed by atoms with E-state index in [0.717, 1.165) is 35.7 Å². The van der Waals surface area contributed by atoms with E-state index < -0.39 is 5.92 Å². The van der Waals surface area contributed by atoms with Crippen LogP contribution in [0.2, 0.25) is 0 Å². The maximum absolute atomic E-state index is 13.8. The van der Waals surface area contributed by atoms with E-state index in [1.807, 2.05) is 11.9 Å². The fourth-order valence-electron chi connectivity index (χ4n) is 7.19. The first kappa shape index (κ1) is 31.7. The second-order valence-corrected chi connectivity index (χ2v) is 12.7. The van der Waals surface area contributed by atoms with Gasteiger partial charge in [-0.1, -0.05) is 36.9 Å². The Labute approximate surface area is 269 Å². The molecule has 1 aliphatic carbocycles. The number of hydrogen-bond acceptors (Lipinski definition) is 8. The van der Waals surface area contributed by atoms with Gasteiger partial charge in [0.1, 0.15) is 12.4 Å². The Hall–Kier alpha value is -4.30. The van der Waals surface area contributed by atoms with Gasteiger partial charge in [0, 0.05) is 68.2 Å². The molecule has 1 aromatic heterocycles. The zero-order chi connectivity index (χ0) is 32.4. The van der Waals surface area contributed by atoms with Gasteiger partial charge in [0.05, 0.1) is 30.8 Å². The highest BCUT2D eigenvalue weighted by atomic mass is 19.3. The second-order valence-electron chi connectivity index (χ2n) is 12.7. The highest BCUT2D eigenvalue weighted by molar-refractivity contribution is 5.97. The number of aryl methyl sites for hydroxylation is 1. The zero-order valence-corrected chi connectivity index (χ0v) is 26.6. The van der Waals surface area contributed by atoms with Gasteiger partial charge in [-0.25, -0.2) is 8.78 Å². The number of benzene rings is 2. The molecule has 2 aromatic carbocycles. The molecule has 3 heterocycles. The average Bonchev–Trinajstić information content (AvgIpc) is 3.43. The smallest absolute Gasteiger partial charge is 0.318 e. The number of aromatic nitrogens is 2. The number of ether oxygens (including phenoxy) is 1. The number of rotatable bonds is 9. The van der Waals surface area contributed by atoms with E-state index in [1.54, 1.807) is 4.90 Å². The predicted molar refractivity (Wildman–Crippen MR) is 174 cm³/mol. The van der Waals surface area contributed by atoms with E-state index in [9.17, 15) is 18.8 Å². The third kappa shape index (κ3) is 6.49. The summed E-state index contributed by atoms with van der Waals surface area (Å²) in [6, 6.07) is 14.7. The van der Waals surface area contributed by atoms with Gasteiger partial charge >= 0.3 is 6.01 Å². The molecule has 1 unspecified atom stereocenters. The molecule has 0 spiro atoms. The number of nitrogens with zero attached hydrogens (tertiary/aromatic N) is 7. The van der Waals surface area contributed by atoms with E-state index in [1.165, 1.54) is 22.4 Å². The number of fused-ring (bicyclic) bond motifs is 2. The highest BCUT2D eigenvalue weighted by Gasteiger charge is 2.41. The molecule has 1 saturated carbocycles. The molecule has 0 radical (unpaired) electrons. The lowest BCUT2D eigenvalue weighted by Gasteiger charge is -2.42. The Morgan fingerprint density at radius 3 is 2.74 bits per heavy atom. The molecule has 0 N–H and O–H groups in total. The summed E-state index contributed by atoms with van der Waals surface area (Å²) in [4.78, 5) is 30.5. The third-order valence-corrected chi connectivity index (χ3v) is 9.70. The highest BCUT2D eigenvalue weighted by Crippen LogP contribution is 2.38. The monoisotopic (exact) mass is 629 g/mol. The van der Waals surface area contributed by atoms with Crippen LogP contribution in [0.15, 0.2) is 49.1 Å². The van der Waals surface area contributed by atoms with E-state index in [0.29, 0.717) is 39.1 Å². The van der Waals surface area contributed by atoms with Crippen LogP contribution in [0.25, 0.3) is 10.8 Å². The lowest BCUT2D eigenvalue weighted by molar-refractivity contribution is -0.128. The molecule has 9 nitrogen and oxygen atoms in total. The van der Waals surface area contributed by atoms with E-state index in [4.69, 9.17) is 14.7 Å². The number of hydrogen-bond donors (Lipinski definition) is 0. The van der Waals surface area contributed by atoms with Crippen LogP contribution < -0.4 is 14.5 Å². The Kier molecular flexibility index (Phi) is 9.09. The van der Waals surface area contributed by atoms with Crippen LogP contribution in [0.4, 0.5) is 20.3 Å². The molecule has 46 heavy (non-hydrogen) atoms. The summed E-state index contributed by atoms with van der Waals surface area (Å²) < 4.78 is 33.8. The fraction of sp³-hybridized carbons (Fsp3) is 0.486. The van der Waals surface area contributed by atoms with Gasteiger partial charge in [-0.05, 0) is 49.9 Å². The summed E-state index contributed by atoms with van der Waals surface area (Å²) in [6.45, 7) is 9.32. The summed E-state index contributed by atoms with van der Waals surface area (Å²) in [5, 5.41) is 12.0. The number of carbonyl (C=O) groups excluding carboxylic acids is 1. The largest absolute Gasteiger partial charge is 0.462 e. The van der Waals surface area contributed by atoms with Crippen LogP contribution in [0, 0.1) is 18.3 Å². The van der Waals surface area contributed by atoms with Gasteiger partial charge in [-0.15, -0.1) is 0 Å². The predicted octanol–water partition coefficient (Wildman–Crippen LogP) is 5.12. The molecular weight excluding hydrogens is 588 g/mol. The third-order valence-electron chi connectivity index (χ3n) is 9.70. The number of nitriles is 1. The van der Waals surface area contributed by atoms with E-state index in [2.05, 4.69) is 65.8 Å². The molecule has 2 aliphatic heterocycles. The molecule has 1 amide bonds. The minimum absolute atomic E-state index is 0.0780. The van der Waals surface area contributed by atoms with Gasteiger partial charge < -0.3 is 19.4 Å². The molecule has 3 aromatic rings. The van der Waals surface area contributed by atoms with Gasteiger partial charge in [-0.3, -0.25) is 9.69 Å². The van der Waals surface area contributed by atoms with Gasteiger partial charge in [-0.2, -0.15) is 15.2 Å². The normalized spacial score (nSPS) is 20.9. The SMILES string of the molecule is C=CC(=O)N1CCN(c2nc(OCCN(C)C3CCC(F)(F)C3)nc3c2CCN(c2cccc4cccc(C)c24)C3)C[C@@H]1CC#N. The molecular formula is C35H41F2N7O2. The van der Waals surface area contributed by atoms with E-state index in [-0.39, 0.29) is 49.9 Å². The van der Waals surface area contributed by atoms with Crippen molar-refractivity contribution in [3.8, 4) is 12.1 Å². The number of amides is 1. The molecule has 242 valence electrons. The minimum atomic E-state index is -2.60. The van der Waals surface area contributed by atoms with Crippen molar-refractivity contribution in [3.05, 3.63) is 65.9 Å². The molecule has 11 heteroatoms. The first-order valence-corrected chi connectivity index (χ1v) is 16.1. The summed E-state index contributed by atoms with van der Waals surface area (Å²) in [7, 11) is 1.86. The van der Waals surface area contributed by atoms with Crippen molar-refractivity contribution in [1.82, 2.24) is 19.8 Å². The van der Waals surface area contributed by atoms with Crippen LogP contribution in [0.5, 0.6) is 6.01 Å². The van der Waals surface area contributed by atoms with Crippen molar-refractivity contribution in [2.75, 3.05) is 56.2 Å². The fourth-order valence-corrected chi connectivity index (χ4v) is 7.19. The Morgan fingerprint density at radius 1 is 1.20 bits per heavy atom. The lowest BCUT2D eigenvalue weighted by Crippen LogP contribution is -2.55. The minimum Gasteiger partial charge on any atom is -0.462 e. The molecule has 1 saturated heterocycles. The Morgan fingerprint density at radius 2 is 2.00 bits per heavy atom. The van der Waals surface area contributed by atoms with Crippen molar-refractivity contribution in [1.29, 1.82) is 5.26 Å².